The molecule has 0 fully saturated rings. The zero-order chi connectivity index (χ0) is 24.1. The summed E-state index contributed by atoms with van der Waals surface area (Å²) in [4.78, 5) is 17.7. The van der Waals surface area contributed by atoms with Crippen molar-refractivity contribution in [3.63, 3.8) is 0 Å². The zero-order valence-electron chi connectivity index (χ0n) is 18.8. The molecule has 8 heteroatoms. The van der Waals surface area contributed by atoms with Crippen LogP contribution < -0.4 is 19.6 Å². The van der Waals surface area contributed by atoms with Gasteiger partial charge in [0.15, 0.2) is 11.5 Å². The molecule has 0 radical (unpaired) electrons. The maximum atomic E-state index is 13.4. The Balaban J connectivity index is 1.66. The van der Waals surface area contributed by atoms with Gasteiger partial charge in [-0.1, -0.05) is 18.2 Å². The molecular weight excluding hydrogens is 437 g/mol. The van der Waals surface area contributed by atoms with Crippen molar-refractivity contribution in [2.45, 2.75) is 0 Å². The number of nitrogens with one attached hydrogen (secondary N) is 1. The van der Waals surface area contributed by atoms with Gasteiger partial charge in [-0.3, -0.25) is 4.79 Å². The van der Waals surface area contributed by atoms with Crippen LogP contribution in [0.25, 0.3) is 22.2 Å². The summed E-state index contributed by atoms with van der Waals surface area (Å²) in [6, 6.07) is 18.3. The van der Waals surface area contributed by atoms with Crippen LogP contribution in [0.3, 0.4) is 0 Å². The summed E-state index contributed by atoms with van der Waals surface area (Å²) in [7, 11) is 4.59. The van der Waals surface area contributed by atoms with Gasteiger partial charge in [0.1, 0.15) is 11.6 Å². The summed E-state index contributed by atoms with van der Waals surface area (Å²) in [5.41, 5.74) is 5.42. The van der Waals surface area contributed by atoms with Crippen LogP contribution in [0.1, 0.15) is 15.9 Å². The van der Waals surface area contributed by atoms with Gasteiger partial charge in [-0.25, -0.2) is 14.8 Å². The molecule has 1 amide bonds. The lowest BCUT2D eigenvalue weighted by atomic mass is 10.0. The van der Waals surface area contributed by atoms with Gasteiger partial charge in [-0.2, -0.15) is 5.10 Å². The third-order valence-corrected chi connectivity index (χ3v) is 5.21. The van der Waals surface area contributed by atoms with Crippen LogP contribution in [0.15, 0.2) is 71.8 Å². The smallest absolute Gasteiger partial charge is 0.272 e. The van der Waals surface area contributed by atoms with Crippen molar-refractivity contribution in [1.82, 2.24) is 10.4 Å². The molecule has 0 bridgehead atoms. The van der Waals surface area contributed by atoms with Gasteiger partial charge in [0.25, 0.3) is 5.91 Å². The minimum atomic E-state index is -0.419. The van der Waals surface area contributed by atoms with Crippen molar-refractivity contribution in [2.24, 2.45) is 5.10 Å². The largest absolute Gasteiger partial charge is 0.496 e. The highest BCUT2D eigenvalue weighted by atomic mass is 19.1. The van der Waals surface area contributed by atoms with E-state index in [2.05, 4.69) is 15.5 Å². The van der Waals surface area contributed by atoms with Gasteiger partial charge in [-0.05, 0) is 42.5 Å². The molecule has 0 spiro atoms. The molecule has 34 heavy (non-hydrogen) atoms. The highest BCUT2D eigenvalue weighted by Gasteiger charge is 2.14. The van der Waals surface area contributed by atoms with Crippen molar-refractivity contribution < 1.29 is 23.4 Å². The number of para-hydroxylation sites is 1. The molecule has 7 nitrogen and oxygen atoms in total. The lowest BCUT2D eigenvalue weighted by Gasteiger charge is -2.12. The molecule has 1 heterocycles. The van der Waals surface area contributed by atoms with Crippen LogP contribution in [-0.4, -0.2) is 38.4 Å². The molecule has 0 saturated carbocycles. The Morgan fingerprint density at radius 2 is 1.59 bits per heavy atom. The number of carbonyl (C=O) groups is 1. The van der Waals surface area contributed by atoms with Crippen molar-refractivity contribution >= 4 is 23.0 Å². The van der Waals surface area contributed by atoms with Crippen LogP contribution in [0.2, 0.25) is 0 Å². The van der Waals surface area contributed by atoms with E-state index in [0.717, 1.165) is 0 Å². The quantitative estimate of drug-likeness (QED) is 0.316. The molecular formula is C26H22FN3O4. The molecule has 0 aliphatic carbocycles. The minimum absolute atomic E-state index is 0.345. The normalized spacial score (nSPS) is 10.9. The highest BCUT2D eigenvalue weighted by Crippen LogP contribution is 2.33. The predicted octanol–water partition coefficient (Wildman–Crippen LogP) is 4.83. The van der Waals surface area contributed by atoms with E-state index in [9.17, 15) is 9.18 Å². The van der Waals surface area contributed by atoms with Gasteiger partial charge >= 0.3 is 0 Å². The van der Waals surface area contributed by atoms with Crippen LogP contribution in [0, 0.1) is 5.82 Å². The molecule has 4 aromatic rings. The first kappa shape index (κ1) is 22.7. The number of hydrogen-bond acceptors (Lipinski definition) is 6. The maximum absolute atomic E-state index is 13.4. The third-order valence-electron chi connectivity index (χ3n) is 5.21. The summed E-state index contributed by atoms with van der Waals surface area (Å²) >= 11 is 0. The van der Waals surface area contributed by atoms with Gasteiger partial charge < -0.3 is 14.2 Å². The minimum Gasteiger partial charge on any atom is -0.496 e. The second-order valence-corrected chi connectivity index (χ2v) is 7.23. The Kier molecular flexibility index (Phi) is 6.68. The Bertz CT molecular complexity index is 1370. The average Bonchev–Trinajstić information content (AvgIpc) is 2.87. The molecule has 0 saturated heterocycles. The van der Waals surface area contributed by atoms with Crippen molar-refractivity contribution in [2.75, 3.05) is 21.3 Å². The first-order chi connectivity index (χ1) is 16.5. The van der Waals surface area contributed by atoms with Gasteiger partial charge in [0, 0.05) is 22.6 Å². The topological polar surface area (TPSA) is 82.0 Å². The second kappa shape index (κ2) is 9.99. The summed E-state index contributed by atoms with van der Waals surface area (Å²) in [6.45, 7) is 0. The number of hydrogen-bond donors (Lipinski definition) is 1. The number of rotatable bonds is 7. The summed E-state index contributed by atoms with van der Waals surface area (Å²) in [6.07, 6.45) is 1.46. The van der Waals surface area contributed by atoms with Crippen LogP contribution in [0.4, 0.5) is 4.39 Å². The number of ether oxygens (including phenoxy) is 3. The van der Waals surface area contributed by atoms with E-state index in [4.69, 9.17) is 14.2 Å². The first-order valence-corrected chi connectivity index (χ1v) is 10.3. The Morgan fingerprint density at radius 3 is 2.29 bits per heavy atom. The number of nitrogens with zero attached hydrogens (tertiary/aromatic N) is 2. The molecule has 3 aromatic carbocycles. The van der Waals surface area contributed by atoms with E-state index in [1.807, 2.05) is 24.3 Å². The fraction of sp³-hybridized carbons (Fsp3) is 0.115. The van der Waals surface area contributed by atoms with Crippen molar-refractivity contribution in [3.8, 4) is 28.5 Å². The monoisotopic (exact) mass is 459 g/mol. The molecule has 0 aliphatic heterocycles. The first-order valence-electron chi connectivity index (χ1n) is 10.3. The van der Waals surface area contributed by atoms with Gasteiger partial charge in [-0.15, -0.1) is 0 Å². The highest BCUT2D eigenvalue weighted by molar-refractivity contribution is 6.07. The molecule has 172 valence electrons. The van der Waals surface area contributed by atoms with Crippen LogP contribution in [-0.2, 0) is 0 Å². The number of halogens is 1. The third kappa shape index (κ3) is 4.66. The Labute approximate surface area is 195 Å². The van der Waals surface area contributed by atoms with Crippen molar-refractivity contribution in [3.05, 3.63) is 83.7 Å². The second-order valence-electron chi connectivity index (χ2n) is 7.23. The fourth-order valence-electron chi connectivity index (χ4n) is 3.51. The number of amides is 1. The number of methoxy groups -OCH3 is 3. The number of pyridine rings is 1. The number of fused-ring (bicyclic) bond motifs is 1. The summed E-state index contributed by atoms with van der Waals surface area (Å²) < 4.78 is 29.4. The number of hydrazone groups is 1. The SMILES string of the molecule is COc1cc(OC)c(OC)cc1/C=N/NC(=O)c1cc(-c2ccc(F)cc2)nc2ccccc12. The van der Waals surface area contributed by atoms with E-state index in [-0.39, 0.29) is 5.82 Å². The number of aromatic nitrogens is 1. The molecule has 0 atom stereocenters. The van der Waals surface area contributed by atoms with Crippen molar-refractivity contribution in [1.29, 1.82) is 0 Å². The van der Waals surface area contributed by atoms with E-state index in [1.54, 1.807) is 30.3 Å². The maximum Gasteiger partial charge on any atom is 0.272 e. The molecule has 0 aliphatic rings. The fourth-order valence-corrected chi connectivity index (χ4v) is 3.51. The summed E-state index contributed by atoms with van der Waals surface area (Å²) in [5, 5.41) is 4.78. The molecule has 1 aromatic heterocycles. The van der Waals surface area contributed by atoms with Crippen LogP contribution in [0.5, 0.6) is 17.2 Å². The average molecular weight is 459 g/mol. The van der Waals surface area contributed by atoms with E-state index in [1.165, 1.54) is 39.7 Å². The predicted molar refractivity (Wildman–Crippen MR) is 128 cm³/mol. The Morgan fingerprint density at radius 1 is 0.912 bits per heavy atom. The molecule has 0 unspecified atom stereocenters. The zero-order valence-corrected chi connectivity index (χ0v) is 18.8. The summed E-state index contributed by atoms with van der Waals surface area (Å²) in [5.74, 6) is 0.751. The molecule has 1 N–H and O–H groups in total. The number of benzene rings is 3. The van der Waals surface area contributed by atoms with E-state index < -0.39 is 5.91 Å². The van der Waals surface area contributed by atoms with E-state index >= 15 is 0 Å². The lowest BCUT2D eigenvalue weighted by Crippen LogP contribution is -2.18. The van der Waals surface area contributed by atoms with Gasteiger partial charge in [0.2, 0.25) is 0 Å². The lowest BCUT2D eigenvalue weighted by molar-refractivity contribution is 0.0956. The number of carbonyl (C=O) groups excluding carboxylic acids is 1. The Hall–Kier alpha value is -4.46. The van der Waals surface area contributed by atoms with Gasteiger partial charge in [0.05, 0.1) is 44.3 Å². The van der Waals surface area contributed by atoms with E-state index in [0.29, 0.717) is 50.5 Å². The molecule has 4 rings (SSSR count). The standard InChI is InChI=1S/C26H22FN3O4/c1-32-23-14-25(34-3)24(33-2)12-17(23)15-28-30-26(31)20-13-22(16-8-10-18(27)11-9-16)29-21-7-5-4-6-19(20)21/h4-15H,1-3H3,(H,30,31)/b28-15+. The van der Waals surface area contributed by atoms with Crippen LogP contribution >= 0.6 is 0 Å².